The number of carbonyl (C=O) groups is 2. The molecule has 0 bridgehead atoms. The van der Waals surface area contributed by atoms with Crippen molar-refractivity contribution in [3.8, 4) is 11.6 Å². The van der Waals surface area contributed by atoms with Crippen LogP contribution in [0.4, 0.5) is 35.0 Å². The van der Waals surface area contributed by atoms with Crippen LogP contribution in [0.25, 0.3) is 0 Å². The van der Waals surface area contributed by atoms with E-state index in [9.17, 15) is 22.8 Å². The summed E-state index contributed by atoms with van der Waals surface area (Å²) >= 11 is 0. The first-order chi connectivity index (χ1) is 19.1. The average Bonchev–Trinajstić information content (AvgIpc) is 3.62. The van der Waals surface area contributed by atoms with E-state index < -0.39 is 17.8 Å². The number of nitrogens with one attached hydrogen (secondary N) is 2. The molecule has 1 aliphatic carbocycles. The predicted octanol–water partition coefficient (Wildman–Crippen LogP) is 6.75. The lowest BCUT2D eigenvalue weighted by atomic mass is 10.1. The summed E-state index contributed by atoms with van der Waals surface area (Å²) in [5, 5.41) is 5.23. The summed E-state index contributed by atoms with van der Waals surface area (Å²) in [5.74, 6) is 1.30. The van der Waals surface area contributed by atoms with Crippen LogP contribution in [-0.2, 0) is 17.4 Å². The zero-order chi connectivity index (χ0) is 28.3. The van der Waals surface area contributed by atoms with E-state index in [0.29, 0.717) is 60.2 Å². The first kappa shape index (κ1) is 27.4. The Hall–Kier alpha value is -4.15. The molecular formula is C29H30F3N5O3. The minimum Gasteiger partial charge on any atom is -0.439 e. The Kier molecular flexibility index (Phi) is 7.90. The molecule has 1 saturated heterocycles. The molecule has 2 N–H and O–H groups in total. The van der Waals surface area contributed by atoms with Gasteiger partial charge in [-0.1, -0.05) is 0 Å². The fraction of sp³-hybridized carbons (Fsp3) is 0.379. The van der Waals surface area contributed by atoms with E-state index in [1.54, 1.807) is 37.3 Å². The summed E-state index contributed by atoms with van der Waals surface area (Å²) in [6.07, 6.45) is 1.62. The van der Waals surface area contributed by atoms with Crippen molar-refractivity contribution in [2.75, 3.05) is 28.6 Å². The fourth-order valence-electron chi connectivity index (χ4n) is 4.68. The van der Waals surface area contributed by atoms with E-state index in [4.69, 9.17) is 4.74 Å². The van der Waals surface area contributed by atoms with Crippen molar-refractivity contribution in [3.05, 3.63) is 65.6 Å². The van der Waals surface area contributed by atoms with Gasteiger partial charge in [0.2, 0.25) is 5.88 Å². The number of hydrogen-bond acceptors (Lipinski definition) is 6. The van der Waals surface area contributed by atoms with Crippen LogP contribution in [0, 0.1) is 12.8 Å². The van der Waals surface area contributed by atoms with E-state index in [-0.39, 0.29) is 17.4 Å². The number of Topliss-reactive ketones (excluding diaryl/α,β-unsaturated/α-hetero) is 1. The third kappa shape index (κ3) is 7.08. The minimum atomic E-state index is -4.53. The highest BCUT2D eigenvalue weighted by Gasteiger charge is 2.32. The Bertz CT molecular complexity index is 1400. The molecule has 210 valence electrons. The van der Waals surface area contributed by atoms with Gasteiger partial charge in [-0.15, -0.1) is 0 Å². The summed E-state index contributed by atoms with van der Waals surface area (Å²) in [5.41, 5.74) is 1.55. The van der Waals surface area contributed by atoms with Crippen LogP contribution in [0.3, 0.4) is 0 Å². The first-order valence-electron chi connectivity index (χ1n) is 13.3. The van der Waals surface area contributed by atoms with Crippen molar-refractivity contribution in [3.63, 3.8) is 0 Å². The van der Waals surface area contributed by atoms with Crippen LogP contribution in [0.5, 0.6) is 11.6 Å². The SMILES string of the molecule is Cc1cc(Oc2cc(CCC(=O)C3CC3)ncn2)ccc1NC(=O)Nc1cc(N2CCCC2)cc(C(F)(F)F)c1. The van der Waals surface area contributed by atoms with E-state index in [1.165, 1.54) is 6.33 Å². The van der Waals surface area contributed by atoms with Gasteiger partial charge in [0.05, 0.1) is 5.56 Å². The lowest BCUT2D eigenvalue weighted by Crippen LogP contribution is -2.22. The van der Waals surface area contributed by atoms with Gasteiger partial charge in [0.15, 0.2) is 0 Å². The molecule has 2 amide bonds. The largest absolute Gasteiger partial charge is 0.439 e. The second kappa shape index (κ2) is 11.5. The van der Waals surface area contributed by atoms with Crippen LogP contribution in [0.1, 0.15) is 48.9 Å². The van der Waals surface area contributed by atoms with Gasteiger partial charge >= 0.3 is 12.2 Å². The van der Waals surface area contributed by atoms with Crippen LogP contribution >= 0.6 is 0 Å². The maximum Gasteiger partial charge on any atom is 0.416 e. The summed E-state index contributed by atoms with van der Waals surface area (Å²) < 4.78 is 46.4. The van der Waals surface area contributed by atoms with E-state index in [0.717, 1.165) is 37.8 Å². The number of nitrogens with zero attached hydrogens (tertiary/aromatic N) is 3. The van der Waals surface area contributed by atoms with E-state index in [1.807, 2.05) is 4.90 Å². The number of halogens is 3. The smallest absolute Gasteiger partial charge is 0.416 e. The lowest BCUT2D eigenvalue weighted by molar-refractivity contribution is -0.137. The summed E-state index contributed by atoms with van der Waals surface area (Å²) in [7, 11) is 0. The maximum absolute atomic E-state index is 13.5. The molecule has 0 radical (unpaired) electrons. The highest BCUT2D eigenvalue weighted by Crippen LogP contribution is 2.36. The van der Waals surface area contributed by atoms with Crippen molar-refractivity contribution < 1.29 is 27.5 Å². The second-order valence-corrected chi connectivity index (χ2v) is 10.2. The highest BCUT2D eigenvalue weighted by atomic mass is 19.4. The molecule has 0 spiro atoms. The number of carbonyl (C=O) groups excluding carboxylic acids is 2. The molecule has 40 heavy (non-hydrogen) atoms. The van der Waals surface area contributed by atoms with Crippen molar-refractivity contribution in [2.24, 2.45) is 5.92 Å². The van der Waals surface area contributed by atoms with Crippen LogP contribution < -0.4 is 20.3 Å². The molecule has 0 atom stereocenters. The number of hydrogen-bond donors (Lipinski definition) is 2. The molecule has 0 unspecified atom stereocenters. The van der Waals surface area contributed by atoms with Gasteiger partial charge in [-0.3, -0.25) is 4.79 Å². The molecule has 2 aliphatic rings. The minimum absolute atomic E-state index is 0.0604. The lowest BCUT2D eigenvalue weighted by Gasteiger charge is -2.21. The number of rotatable bonds is 9. The normalized spacial score (nSPS) is 15.2. The molecular weight excluding hydrogens is 523 g/mol. The Morgan fingerprint density at radius 1 is 1.02 bits per heavy atom. The molecule has 1 saturated carbocycles. The van der Waals surface area contributed by atoms with Gasteiger partial charge in [0, 0.05) is 54.3 Å². The van der Waals surface area contributed by atoms with E-state index >= 15 is 0 Å². The molecule has 2 fully saturated rings. The number of ether oxygens (including phenoxy) is 1. The number of alkyl halides is 3. The number of ketones is 1. The molecule has 1 aromatic heterocycles. The number of anilines is 3. The van der Waals surface area contributed by atoms with Gasteiger partial charge in [-0.2, -0.15) is 13.2 Å². The standard InChI is InChI=1S/C29H30F3N5O3/c1-18-12-24(40-27-16-21(33-17-34-27)6-9-26(38)19-4-5-19)7-8-25(18)36-28(39)35-22-13-20(29(30,31)32)14-23(15-22)37-10-2-3-11-37/h7-8,12-17,19H,2-6,9-11H2,1H3,(H2,35,36,39). The van der Waals surface area contributed by atoms with Crippen LogP contribution in [-0.4, -0.2) is 34.9 Å². The monoisotopic (exact) mass is 553 g/mol. The third-order valence-corrected chi connectivity index (χ3v) is 7.00. The number of aromatic nitrogens is 2. The Morgan fingerprint density at radius 3 is 2.50 bits per heavy atom. The van der Waals surface area contributed by atoms with Crippen molar-refractivity contribution in [1.29, 1.82) is 0 Å². The molecule has 11 heteroatoms. The van der Waals surface area contributed by atoms with E-state index in [2.05, 4.69) is 20.6 Å². The van der Waals surface area contributed by atoms with Crippen molar-refractivity contribution in [2.45, 2.75) is 51.6 Å². The van der Waals surface area contributed by atoms with Gasteiger partial charge in [-0.05, 0) is 81.0 Å². The summed E-state index contributed by atoms with van der Waals surface area (Å²) in [6, 6.07) is 9.64. The number of urea groups is 1. The Morgan fingerprint density at radius 2 is 1.80 bits per heavy atom. The molecule has 5 rings (SSSR count). The van der Waals surface area contributed by atoms with Crippen molar-refractivity contribution >= 4 is 28.9 Å². The van der Waals surface area contributed by atoms with Gasteiger partial charge < -0.3 is 20.3 Å². The number of amides is 2. The second-order valence-electron chi connectivity index (χ2n) is 10.2. The topological polar surface area (TPSA) is 96.5 Å². The zero-order valence-corrected chi connectivity index (χ0v) is 22.1. The number of benzene rings is 2. The highest BCUT2D eigenvalue weighted by molar-refractivity contribution is 6.00. The summed E-state index contributed by atoms with van der Waals surface area (Å²) in [6.45, 7) is 3.13. The Labute approximate surface area is 230 Å². The van der Waals surface area contributed by atoms with Crippen LogP contribution in [0.15, 0.2) is 48.8 Å². The summed E-state index contributed by atoms with van der Waals surface area (Å²) in [4.78, 5) is 34.9. The van der Waals surface area contributed by atoms with Gasteiger partial charge in [-0.25, -0.2) is 14.8 Å². The maximum atomic E-state index is 13.5. The Balaban J connectivity index is 1.22. The first-order valence-corrected chi connectivity index (χ1v) is 13.3. The van der Waals surface area contributed by atoms with Crippen LogP contribution in [0.2, 0.25) is 0 Å². The predicted molar refractivity (Wildman–Crippen MR) is 145 cm³/mol. The molecule has 1 aliphatic heterocycles. The fourth-order valence-corrected chi connectivity index (χ4v) is 4.68. The quantitative estimate of drug-likeness (QED) is 0.304. The average molecular weight is 554 g/mol. The number of aryl methyl sites for hydroxylation is 2. The molecule has 8 nitrogen and oxygen atoms in total. The van der Waals surface area contributed by atoms with Crippen molar-refractivity contribution in [1.82, 2.24) is 9.97 Å². The van der Waals surface area contributed by atoms with Gasteiger partial charge in [0.1, 0.15) is 17.9 Å². The molecule has 2 aromatic carbocycles. The molecule has 2 heterocycles. The van der Waals surface area contributed by atoms with Gasteiger partial charge in [0.25, 0.3) is 0 Å². The third-order valence-electron chi connectivity index (χ3n) is 7.00. The molecule has 3 aromatic rings. The zero-order valence-electron chi connectivity index (χ0n) is 22.1.